The van der Waals surface area contributed by atoms with E-state index in [2.05, 4.69) is 21.3 Å². The maximum absolute atomic E-state index is 12.3. The van der Waals surface area contributed by atoms with Crippen LogP contribution in [0, 0.1) is 5.92 Å². The Labute approximate surface area is 188 Å². The number of hydrogen-bond acceptors (Lipinski definition) is 4. The summed E-state index contributed by atoms with van der Waals surface area (Å²) in [7, 11) is 0. The molecule has 0 aliphatic heterocycles. The molecule has 32 heavy (non-hydrogen) atoms. The average Bonchev–Trinajstić information content (AvgIpc) is 3.34. The van der Waals surface area contributed by atoms with Gasteiger partial charge in [-0.15, -0.1) is 0 Å². The van der Waals surface area contributed by atoms with Gasteiger partial charge in [0.15, 0.2) is 0 Å². The summed E-state index contributed by atoms with van der Waals surface area (Å²) in [6, 6.07) is 13.6. The van der Waals surface area contributed by atoms with Crippen molar-refractivity contribution in [2.75, 3.05) is 30.3 Å². The van der Waals surface area contributed by atoms with Crippen LogP contribution >= 0.6 is 0 Å². The van der Waals surface area contributed by atoms with E-state index in [4.69, 9.17) is 4.74 Å². The highest BCUT2D eigenvalue weighted by molar-refractivity contribution is 5.96. The van der Waals surface area contributed by atoms with E-state index < -0.39 is 0 Å². The smallest absolute Gasteiger partial charge is 0.319 e. The molecule has 0 saturated heterocycles. The van der Waals surface area contributed by atoms with Crippen molar-refractivity contribution < 1.29 is 19.1 Å². The van der Waals surface area contributed by atoms with Crippen molar-refractivity contribution in [1.82, 2.24) is 10.6 Å². The molecular formula is C24H30N4O4. The van der Waals surface area contributed by atoms with E-state index in [1.165, 1.54) is 0 Å². The van der Waals surface area contributed by atoms with Gasteiger partial charge in [0.25, 0.3) is 5.91 Å². The molecule has 3 rings (SSSR count). The van der Waals surface area contributed by atoms with E-state index >= 15 is 0 Å². The lowest BCUT2D eigenvalue weighted by Gasteiger charge is -2.12. The minimum atomic E-state index is -0.381. The Bertz CT molecular complexity index is 924. The Morgan fingerprint density at radius 3 is 2.31 bits per heavy atom. The number of nitrogens with one attached hydrogen (secondary N) is 4. The fourth-order valence-corrected chi connectivity index (χ4v) is 3.61. The average molecular weight is 439 g/mol. The largest absolute Gasteiger partial charge is 0.492 e. The zero-order chi connectivity index (χ0) is 22.8. The minimum absolute atomic E-state index is 0.0490. The maximum Gasteiger partial charge on any atom is 0.319 e. The molecular weight excluding hydrogens is 408 g/mol. The van der Waals surface area contributed by atoms with E-state index in [-0.39, 0.29) is 36.9 Å². The Kier molecular flexibility index (Phi) is 8.48. The molecule has 0 atom stereocenters. The lowest BCUT2D eigenvalue weighted by molar-refractivity contribution is -0.119. The Balaban J connectivity index is 1.38. The monoisotopic (exact) mass is 438 g/mol. The number of carbonyl (C=O) groups excluding carboxylic acids is 3. The standard InChI is InChI=1S/C24H30N4O4/c1-2-32-21-10-6-5-9-20(21)28-24(31)26-16-15-25-22(29)18-11-13-19(14-12-18)27-23(30)17-7-3-4-8-17/h5-6,9-14,17H,2-4,7-8,15-16H2,1H3,(H,25,29)(H,27,30)(H2,26,28,31). The molecule has 2 aromatic carbocycles. The first-order valence-corrected chi connectivity index (χ1v) is 11.0. The first-order chi connectivity index (χ1) is 15.6. The van der Waals surface area contributed by atoms with Crippen LogP contribution in [-0.2, 0) is 4.79 Å². The van der Waals surface area contributed by atoms with Crippen LogP contribution < -0.4 is 26.0 Å². The summed E-state index contributed by atoms with van der Waals surface area (Å²) in [6.07, 6.45) is 4.09. The molecule has 4 amide bonds. The zero-order valence-electron chi connectivity index (χ0n) is 18.3. The summed E-state index contributed by atoms with van der Waals surface area (Å²) in [5.41, 5.74) is 1.75. The summed E-state index contributed by atoms with van der Waals surface area (Å²) in [5.74, 6) is 0.493. The summed E-state index contributed by atoms with van der Waals surface area (Å²) in [6.45, 7) is 2.92. The fourth-order valence-electron chi connectivity index (χ4n) is 3.61. The van der Waals surface area contributed by atoms with Gasteiger partial charge >= 0.3 is 6.03 Å². The number of rotatable bonds is 9. The molecule has 170 valence electrons. The predicted octanol–water partition coefficient (Wildman–Crippen LogP) is 3.77. The topological polar surface area (TPSA) is 109 Å². The molecule has 0 radical (unpaired) electrons. The molecule has 4 N–H and O–H groups in total. The maximum atomic E-state index is 12.3. The van der Waals surface area contributed by atoms with Gasteiger partial charge in [-0.25, -0.2) is 4.79 Å². The molecule has 1 fully saturated rings. The Hall–Kier alpha value is -3.55. The van der Waals surface area contributed by atoms with Crippen LogP contribution in [0.2, 0.25) is 0 Å². The van der Waals surface area contributed by atoms with Crippen molar-refractivity contribution in [2.24, 2.45) is 5.92 Å². The van der Waals surface area contributed by atoms with Gasteiger partial charge in [0.2, 0.25) is 5.91 Å². The third kappa shape index (κ3) is 6.73. The molecule has 0 heterocycles. The predicted molar refractivity (Wildman–Crippen MR) is 124 cm³/mol. The first kappa shape index (κ1) is 23.1. The van der Waals surface area contributed by atoms with E-state index in [9.17, 15) is 14.4 Å². The number of hydrogen-bond donors (Lipinski definition) is 4. The van der Waals surface area contributed by atoms with Gasteiger partial charge in [-0.2, -0.15) is 0 Å². The second-order valence-corrected chi connectivity index (χ2v) is 7.61. The van der Waals surface area contributed by atoms with Gasteiger partial charge in [0.1, 0.15) is 5.75 Å². The van der Waals surface area contributed by atoms with Crippen molar-refractivity contribution in [3.05, 3.63) is 54.1 Å². The van der Waals surface area contributed by atoms with E-state index in [1.807, 2.05) is 19.1 Å². The highest BCUT2D eigenvalue weighted by Gasteiger charge is 2.22. The first-order valence-electron chi connectivity index (χ1n) is 11.0. The van der Waals surface area contributed by atoms with E-state index in [1.54, 1.807) is 36.4 Å². The van der Waals surface area contributed by atoms with E-state index in [0.29, 0.717) is 29.3 Å². The number of amides is 4. The molecule has 8 nitrogen and oxygen atoms in total. The van der Waals surface area contributed by atoms with Gasteiger partial charge < -0.3 is 26.0 Å². The number of ether oxygens (including phenoxy) is 1. The van der Waals surface area contributed by atoms with Gasteiger partial charge in [-0.05, 0) is 56.2 Å². The lowest BCUT2D eigenvalue weighted by atomic mass is 10.1. The molecule has 1 aliphatic rings. The van der Waals surface area contributed by atoms with Crippen molar-refractivity contribution in [3.8, 4) is 5.75 Å². The third-order valence-corrected chi connectivity index (χ3v) is 5.27. The summed E-state index contributed by atoms with van der Waals surface area (Å²) >= 11 is 0. The van der Waals surface area contributed by atoms with Crippen molar-refractivity contribution >= 4 is 29.2 Å². The zero-order valence-corrected chi connectivity index (χ0v) is 18.3. The minimum Gasteiger partial charge on any atom is -0.492 e. The number of para-hydroxylation sites is 2. The number of carbonyl (C=O) groups is 3. The quantitative estimate of drug-likeness (QED) is 0.447. The fraction of sp³-hybridized carbons (Fsp3) is 0.375. The molecule has 0 aromatic heterocycles. The normalized spacial score (nSPS) is 13.3. The van der Waals surface area contributed by atoms with Crippen LogP contribution in [0.15, 0.2) is 48.5 Å². The van der Waals surface area contributed by atoms with Crippen molar-refractivity contribution in [3.63, 3.8) is 0 Å². The van der Waals surface area contributed by atoms with Crippen LogP contribution in [0.1, 0.15) is 43.0 Å². The SMILES string of the molecule is CCOc1ccccc1NC(=O)NCCNC(=O)c1ccc(NC(=O)C2CCCC2)cc1. The molecule has 1 aliphatic carbocycles. The number of anilines is 2. The van der Waals surface area contributed by atoms with E-state index in [0.717, 1.165) is 25.7 Å². The summed E-state index contributed by atoms with van der Waals surface area (Å²) in [4.78, 5) is 36.6. The number of urea groups is 1. The summed E-state index contributed by atoms with van der Waals surface area (Å²) < 4.78 is 5.48. The Morgan fingerprint density at radius 2 is 1.59 bits per heavy atom. The van der Waals surface area contributed by atoms with Crippen molar-refractivity contribution in [2.45, 2.75) is 32.6 Å². The van der Waals surface area contributed by atoms with Gasteiger partial charge in [-0.1, -0.05) is 25.0 Å². The summed E-state index contributed by atoms with van der Waals surface area (Å²) in [5, 5.41) is 11.1. The van der Waals surface area contributed by atoms with Crippen LogP contribution in [-0.4, -0.2) is 37.5 Å². The molecule has 0 spiro atoms. The van der Waals surface area contributed by atoms with Gasteiger partial charge in [0, 0.05) is 30.3 Å². The van der Waals surface area contributed by atoms with Crippen molar-refractivity contribution in [1.29, 1.82) is 0 Å². The Morgan fingerprint density at radius 1 is 0.906 bits per heavy atom. The van der Waals surface area contributed by atoms with Crippen LogP contribution in [0.3, 0.4) is 0 Å². The second-order valence-electron chi connectivity index (χ2n) is 7.61. The molecule has 0 unspecified atom stereocenters. The molecule has 0 bridgehead atoms. The van der Waals surface area contributed by atoms with Crippen LogP contribution in [0.25, 0.3) is 0 Å². The van der Waals surface area contributed by atoms with Crippen LogP contribution in [0.5, 0.6) is 5.75 Å². The molecule has 8 heteroatoms. The van der Waals surface area contributed by atoms with Crippen LogP contribution in [0.4, 0.5) is 16.2 Å². The lowest BCUT2D eigenvalue weighted by Crippen LogP contribution is -2.36. The molecule has 1 saturated carbocycles. The van der Waals surface area contributed by atoms with Gasteiger partial charge in [-0.3, -0.25) is 9.59 Å². The third-order valence-electron chi connectivity index (χ3n) is 5.27. The number of benzene rings is 2. The second kappa shape index (κ2) is 11.7. The highest BCUT2D eigenvalue weighted by Crippen LogP contribution is 2.26. The highest BCUT2D eigenvalue weighted by atomic mass is 16.5. The molecule has 2 aromatic rings. The van der Waals surface area contributed by atoms with Gasteiger partial charge in [0.05, 0.1) is 12.3 Å².